The molecule has 5 nitrogen and oxygen atoms in total. The molecule has 0 amide bonds. The Hall–Kier alpha value is -1.52. The normalized spacial score (nSPS) is 14.8. The molecule has 1 aliphatic heterocycles. The number of aromatic nitrogens is 2. The Kier molecular flexibility index (Phi) is 3.89. The highest BCUT2D eigenvalue weighted by Gasteiger charge is 2.23. The number of anilines is 1. The maximum Gasteiger partial charge on any atom is 0.325 e. The van der Waals surface area contributed by atoms with Crippen LogP contribution in [0.4, 0.5) is 5.82 Å². The average molecular weight is 251 g/mol. The molecule has 0 atom stereocenters. The summed E-state index contributed by atoms with van der Waals surface area (Å²) in [6.07, 6.45) is 2.10. The molecule has 1 aromatic rings. The summed E-state index contributed by atoms with van der Waals surface area (Å²) in [5.41, 5.74) is 2.34. The smallest absolute Gasteiger partial charge is 0.325 e. The summed E-state index contributed by atoms with van der Waals surface area (Å²) in [5, 5.41) is 7.27. The molecule has 0 bridgehead atoms. The molecule has 0 radical (unpaired) electrons. The number of rotatable bonds is 4. The molecule has 0 aromatic carbocycles. The number of nitrogens with zero attached hydrogens (tertiary/aromatic N) is 2. The zero-order valence-corrected chi connectivity index (χ0v) is 11.3. The standard InChI is InChI=1S/C13H21N3O2/c1-9(2)8-18-12(17)7-16-6-4-5-11-10(3)14-15-13(11)16/h9H,4-8H2,1-3H3,(H,14,15). The largest absolute Gasteiger partial charge is 0.464 e. The van der Waals surface area contributed by atoms with Crippen LogP contribution < -0.4 is 4.90 Å². The predicted molar refractivity (Wildman–Crippen MR) is 69.7 cm³/mol. The summed E-state index contributed by atoms with van der Waals surface area (Å²) in [7, 11) is 0. The third-order valence-corrected chi connectivity index (χ3v) is 3.10. The van der Waals surface area contributed by atoms with Crippen LogP contribution >= 0.6 is 0 Å². The Morgan fingerprint density at radius 1 is 1.56 bits per heavy atom. The number of hydrogen-bond acceptors (Lipinski definition) is 4. The van der Waals surface area contributed by atoms with Gasteiger partial charge in [0.25, 0.3) is 0 Å². The zero-order valence-electron chi connectivity index (χ0n) is 11.3. The van der Waals surface area contributed by atoms with Crippen molar-refractivity contribution in [2.24, 2.45) is 5.92 Å². The first-order valence-corrected chi connectivity index (χ1v) is 6.52. The molecular weight excluding hydrogens is 230 g/mol. The van der Waals surface area contributed by atoms with Crippen LogP contribution in [0, 0.1) is 12.8 Å². The molecule has 0 fully saturated rings. The van der Waals surface area contributed by atoms with E-state index in [4.69, 9.17) is 4.74 Å². The van der Waals surface area contributed by atoms with Crippen LogP contribution in [0.2, 0.25) is 0 Å². The van der Waals surface area contributed by atoms with Crippen LogP contribution in [0.25, 0.3) is 0 Å². The van der Waals surface area contributed by atoms with Crippen molar-refractivity contribution < 1.29 is 9.53 Å². The van der Waals surface area contributed by atoms with Crippen LogP contribution in [0.3, 0.4) is 0 Å². The molecule has 1 N–H and O–H groups in total. The minimum atomic E-state index is -0.169. The molecule has 0 saturated heterocycles. The third kappa shape index (κ3) is 2.83. The lowest BCUT2D eigenvalue weighted by atomic mass is 10.1. The molecule has 18 heavy (non-hydrogen) atoms. The highest BCUT2D eigenvalue weighted by Crippen LogP contribution is 2.26. The van der Waals surface area contributed by atoms with Crippen molar-refractivity contribution in [3.05, 3.63) is 11.3 Å². The Labute approximate surface area is 108 Å². The fraction of sp³-hybridized carbons (Fsp3) is 0.692. The Morgan fingerprint density at radius 3 is 3.06 bits per heavy atom. The molecule has 0 spiro atoms. The molecule has 1 aliphatic rings. The highest BCUT2D eigenvalue weighted by molar-refractivity contribution is 5.76. The molecule has 0 aliphatic carbocycles. The summed E-state index contributed by atoms with van der Waals surface area (Å²) < 4.78 is 5.21. The molecule has 0 saturated carbocycles. The van der Waals surface area contributed by atoms with Crippen molar-refractivity contribution in [3.8, 4) is 0 Å². The molecule has 0 unspecified atom stereocenters. The fourth-order valence-electron chi connectivity index (χ4n) is 2.17. The number of aromatic amines is 1. The van der Waals surface area contributed by atoms with E-state index in [2.05, 4.69) is 10.2 Å². The number of carbonyl (C=O) groups excluding carboxylic acids is 1. The van der Waals surface area contributed by atoms with E-state index in [1.807, 2.05) is 25.7 Å². The Bertz CT molecular complexity index is 426. The molecule has 5 heteroatoms. The van der Waals surface area contributed by atoms with E-state index in [0.29, 0.717) is 19.1 Å². The van der Waals surface area contributed by atoms with Crippen molar-refractivity contribution in [1.29, 1.82) is 0 Å². The lowest BCUT2D eigenvalue weighted by molar-refractivity contribution is -0.143. The second kappa shape index (κ2) is 5.42. The van der Waals surface area contributed by atoms with Gasteiger partial charge < -0.3 is 9.64 Å². The molecule has 1 aromatic heterocycles. The topological polar surface area (TPSA) is 58.2 Å². The number of ether oxygens (including phenoxy) is 1. The second-order valence-corrected chi connectivity index (χ2v) is 5.25. The predicted octanol–water partition coefficient (Wildman–Crippen LogP) is 1.67. The van der Waals surface area contributed by atoms with Gasteiger partial charge in [-0.05, 0) is 25.7 Å². The van der Waals surface area contributed by atoms with E-state index in [9.17, 15) is 4.79 Å². The average Bonchev–Trinajstić information content (AvgIpc) is 2.70. The van der Waals surface area contributed by atoms with E-state index in [-0.39, 0.29) is 5.97 Å². The van der Waals surface area contributed by atoms with Crippen molar-refractivity contribution in [1.82, 2.24) is 10.2 Å². The summed E-state index contributed by atoms with van der Waals surface area (Å²) in [6.45, 7) is 7.73. The van der Waals surface area contributed by atoms with Gasteiger partial charge in [0.15, 0.2) is 5.82 Å². The van der Waals surface area contributed by atoms with E-state index in [0.717, 1.165) is 30.9 Å². The Morgan fingerprint density at radius 2 is 2.33 bits per heavy atom. The molecule has 2 heterocycles. The van der Waals surface area contributed by atoms with Gasteiger partial charge in [0.1, 0.15) is 6.54 Å². The van der Waals surface area contributed by atoms with Gasteiger partial charge in [-0.2, -0.15) is 5.10 Å². The minimum Gasteiger partial charge on any atom is -0.464 e. The molecule has 2 rings (SSSR count). The van der Waals surface area contributed by atoms with Gasteiger partial charge in [-0.15, -0.1) is 0 Å². The number of esters is 1. The van der Waals surface area contributed by atoms with Crippen LogP contribution in [0.1, 0.15) is 31.5 Å². The maximum atomic E-state index is 11.7. The summed E-state index contributed by atoms with van der Waals surface area (Å²) in [6, 6.07) is 0. The van der Waals surface area contributed by atoms with Crippen molar-refractivity contribution in [2.45, 2.75) is 33.6 Å². The van der Waals surface area contributed by atoms with Gasteiger partial charge in [-0.1, -0.05) is 13.8 Å². The summed E-state index contributed by atoms with van der Waals surface area (Å²) in [4.78, 5) is 13.7. The lowest BCUT2D eigenvalue weighted by Crippen LogP contribution is -2.35. The van der Waals surface area contributed by atoms with Gasteiger partial charge in [-0.25, -0.2) is 0 Å². The Balaban J connectivity index is 1.96. The third-order valence-electron chi connectivity index (χ3n) is 3.10. The van der Waals surface area contributed by atoms with E-state index in [1.54, 1.807) is 0 Å². The van der Waals surface area contributed by atoms with Gasteiger partial charge in [0, 0.05) is 17.8 Å². The van der Waals surface area contributed by atoms with E-state index in [1.165, 1.54) is 5.56 Å². The highest BCUT2D eigenvalue weighted by atomic mass is 16.5. The van der Waals surface area contributed by atoms with Crippen molar-refractivity contribution in [3.63, 3.8) is 0 Å². The fourth-order valence-corrected chi connectivity index (χ4v) is 2.17. The zero-order chi connectivity index (χ0) is 13.1. The molecular formula is C13H21N3O2. The number of aryl methyl sites for hydroxylation is 1. The maximum absolute atomic E-state index is 11.7. The lowest BCUT2D eigenvalue weighted by Gasteiger charge is -2.26. The van der Waals surface area contributed by atoms with Crippen molar-refractivity contribution >= 4 is 11.8 Å². The van der Waals surface area contributed by atoms with Crippen molar-refractivity contribution in [2.75, 3.05) is 24.6 Å². The number of carbonyl (C=O) groups is 1. The van der Waals surface area contributed by atoms with E-state index < -0.39 is 0 Å². The number of nitrogens with one attached hydrogen (secondary N) is 1. The van der Waals surface area contributed by atoms with Gasteiger partial charge in [-0.3, -0.25) is 9.89 Å². The van der Waals surface area contributed by atoms with Gasteiger partial charge in [0.05, 0.1) is 6.61 Å². The van der Waals surface area contributed by atoms with Crippen LogP contribution in [-0.4, -0.2) is 35.9 Å². The number of fused-ring (bicyclic) bond motifs is 1. The first-order chi connectivity index (χ1) is 8.58. The number of hydrogen-bond donors (Lipinski definition) is 1. The quantitative estimate of drug-likeness (QED) is 0.827. The van der Waals surface area contributed by atoms with Gasteiger partial charge >= 0.3 is 5.97 Å². The number of H-pyrrole nitrogens is 1. The van der Waals surface area contributed by atoms with Crippen LogP contribution in [0.5, 0.6) is 0 Å². The first-order valence-electron chi connectivity index (χ1n) is 6.52. The molecule has 100 valence electrons. The first kappa shape index (κ1) is 12.9. The van der Waals surface area contributed by atoms with Crippen LogP contribution in [-0.2, 0) is 16.0 Å². The second-order valence-electron chi connectivity index (χ2n) is 5.25. The van der Waals surface area contributed by atoms with Gasteiger partial charge in [0.2, 0.25) is 0 Å². The monoisotopic (exact) mass is 251 g/mol. The summed E-state index contributed by atoms with van der Waals surface area (Å²) in [5.74, 6) is 1.12. The SMILES string of the molecule is Cc1[nH]nc2c1CCCN2CC(=O)OCC(C)C. The van der Waals surface area contributed by atoms with Crippen LogP contribution in [0.15, 0.2) is 0 Å². The van der Waals surface area contributed by atoms with E-state index >= 15 is 0 Å². The summed E-state index contributed by atoms with van der Waals surface area (Å²) >= 11 is 0. The minimum absolute atomic E-state index is 0.169.